The number of rotatable bonds is 40. The molecule has 1 aliphatic heterocycles. The first-order chi connectivity index (χ1) is 29.2. The van der Waals surface area contributed by atoms with Crippen molar-refractivity contribution in [3.8, 4) is 0 Å². The Labute approximate surface area is 364 Å². The average molecular weight is 852 g/mol. The molecule has 0 aromatic heterocycles. The normalized spacial score (nSPS) is 20.7. The van der Waals surface area contributed by atoms with Crippen LogP contribution in [-0.4, -0.2) is 100 Å². The number of unbranched alkanes of at least 4 members (excludes halogenated alkanes) is 22. The Kier molecular flexibility index (Phi) is 37.0. The monoisotopic (exact) mass is 852 g/mol. The Bertz CT molecular complexity index is 1100. The molecule has 0 spiro atoms. The van der Waals surface area contributed by atoms with Gasteiger partial charge in [-0.3, -0.25) is 9.59 Å². The van der Waals surface area contributed by atoms with Crippen molar-refractivity contribution < 1.29 is 49.3 Å². The van der Waals surface area contributed by atoms with E-state index in [4.69, 9.17) is 14.2 Å². The number of ether oxygens (including phenoxy) is 3. The fourth-order valence-corrected chi connectivity index (χ4v) is 7.24. The van der Waals surface area contributed by atoms with Gasteiger partial charge in [0.1, 0.15) is 24.4 Å². The maximum absolute atomic E-state index is 12.9. The lowest BCUT2D eigenvalue weighted by Crippen LogP contribution is -2.60. The van der Waals surface area contributed by atoms with E-state index in [9.17, 15) is 35.1 Å². The van der Waals surface area contributed by atoms with Gasteiger partial charge in [0.05, 0.1) is 32.0 Å². The smallest absolute Gasteiger partial charge is 0.305 e. The average Bonchev–Trinajstić information content (AvgIpc) is 3.24. The highest BCUT2D eigenvalue weighted by atomic mass is 16.7. The van der Waals surface area contributed by atoms with Crippen LogP contribution in [0.1, 0.15) is 200 Å². The van der Waals surface area contributed by atoms with Crippen LogP contribution in [0.4, 0.5) is 0 Å². The minimum atomic E-state index is -1.58. The molecule has 1 saturated heterocycles. The van der Waals surface area contributed by atoms with E-state index in [1.807, 2.05) is 6.08 Å². The van der Waals surface area contributed by atoms with Gasteiger partial charge in [0.15, 0.2) is 6.29 Å². The lowest BCUT2D eigenvalue weighted by atomic mass is 9.99. The van der Waals surface area contributed by atoms with Gasteiger partial charge in [-0.2, -0.15) is 0 Å². The van der Waals surface area contributed by atoms with Crippen LogP contribution >= 0.6 is 0 Å². The first-order valence-corrected chi connectivity index (χ1v) is 24.3. The first-order valence-electron chi connectivity index (χ1n) is 24.3. The molecule has 1 amide bonds. The highest BCUT2D eigenvalue weighted by Crippen LogP contribution is 2.22. The van der Waals surface area contributed by atoms with E-state index >= 15 is 0 Å². The molecule has 1 aliphatic rings. The number of hydrogen-bond donors (Lipinski definition) is 6. The van der Waals surface area contributed by atoms with Crippen LogP contribution in [0.5, 0.6) is 0 Å². The van der Waals surface area contributed by atoms with Gasteiger partial charge >= 0.3 is 5.97 Å². The van der Waals surface area contributed by atoms with E-state index in [1.165, 1.54) is 83.5 Å². The maximum atomic E-state index is 12.9. The van der Waals surface area contributed by atoms with Crippen molar-refractivity contribution in [3.05, 3.63) is 36.5 Å². The Morgan fingerprint density at radius 1 is 0.600 bits per heavy atom. The summed E-state index contributed by atoms with van der Waals surface area (Å²) in [5.41, 5.74) is 0. The van der Waals surface area contributed by atoms with Gasteiger partial charge in [0.25, 0.3) is 0 Å². The zero-order chi connectivity index (χ0) is 43.9. The van der Waals surface area contributed by atoms with Crippen LogP contribution in [0.25, 0.3) is 0 Å². The second-order valence-electron chi connectivity index (χ2n) is 16.8. The van der Waals surface area contributed by atoms with Crippen molar-refractivity contribution in [3.63, 3.8) is 0 Å². The lowest BCUT2D eigenvalue weighted by Gasteiger charge is -2.40. The molecular formula is C49H89NO10. The standard InChI is InChI=1S/C49H89NO10/c1-3-5-7-9-11-13-14-17-21-25-29-33-37-45(54)58-38-34-30-26-22-18-15-16-20-24-28-32-36-44(53)50-41(42(52)35-31-27-23-19-12-10-8-6-4-2)40-59-49-48(57)47(56)46(55)43(39-51)60-49/h11,13,18,22,31,35,41-43,46-49,51-52,55-57H,3-10,12,14-17,19-21,23-30,32-34,36-40H2,1-2H3,(H,50,53)/b13-11-,22-18-,35-31+. The minimum absolute atomic E-state index is 0.0686. The molecule has 0 aromatic carbocycles. The van der Waals surface area contributed by atoms with Crippen molar-refractivity contribution in [2.45, 2.75) is 243 Å². The number of aliphatic hydroxyl groups excluding tert-OH is 5. The number of allylic oxidation sites excluding steroid dienone is 5. The molecule has 7 atom stereocenters. The zero-order valence-corrected chi connectivity index (χ0v) is 37.9. The zero-order valence-electron chi connectivity index (χ0n) is 37.9. The van der Waals surface area contributed by atoms with Gasteiger partial charge in [0.2, 0.25) is 5.91 Å². The quantitative estimate of drug-likeness (QED) is 0.0198. The van der Waals surface area contributed by atoms with Gasteiger partial charge in [0, 0.05) is 12.8 Å². The Hall–Kier alpha value is -2.12. The van der Waals surface area contributed by atoms with Gasteiger partial charge in [-0.05, 0) is 83.5 Å². The van der Waals surface area contributed by atoms with Crippen LogP contribution in [0, 0.1) is 0 Å². The molecule has 350 valence electrons. The van der Waals surface area contributed by atoms with Crippen LogP contribution in [-0.2, 0) is 23.8 Å². The predicted molar refractivity (Wildman–Crippen MR) is 241 cm³/mol. The molecule has 60 heavy (non-hydrogen) atoms. The third kappa shape index (κ3) is 30.0. The fraction of sp³-hybridized carbons (Fsp3) is 0.837. The fourth-order valence-electron chi connectivity index (χ4n) is 7.24. The minimum Gasteiger partial charge on any atom is -0.466 e. The summed E-state index contributed by atoms with van der Waals surface area (Å²) in [4.78, 5) is 24.9. The summed E-state index contributed by atoms with van der Waals surface area (Å²) < 4.78 is 16.6. The predicted octanol–water partition coefficient (Wildman–Crippen LogP) is 9.21. The topological polar surface area (TPSA) is 175 Å². The van der Waals surface area contributed by atoms with Crippen molar-refractivity contribution in [2.24, 2.45) is 0 Å². The van der Waals surface area contributed by atoms with Crippen molar-refractivity contribution >= 4 is 11.9 Å². The number of carbonyl (C=O) groups is 2. The third-order valence-corrected chi connectivity index (χ3v) is 11.2. The number of carbonyl (C=O) groups excluding carboxylic acids is 2. The number of nitrogens with one attached hydrogen (secondary N) is 1. The Morgan fingerprint density at radius 2 is 1.07 bits per heavy atom. The molecule has 0 aliphatic carbocycles. The van der Waals surface area contributed by atoms with E-state index in [-0.39, 0.29) is 18.5 Å². The summed E-state index contributed by atoms with van der Waals surface area (Å²) in [6.07, 6.45) is 35.1. The largest absolute Gasteiger partial charge is 0.466 e. The molecule has 1 rings (SSSR count). The molecule has 11 heteroatoms. The molecule has 0 aromatic rings. The van der Waals surface area contributed by atoms with Gasteiger partial charge in [-0.25, -0.2) is 0 Å². The van der Waals surface area contributed by atoms with Gasteiger partial charge < -0.3 is 45.1 Å². The number of amides is 1. The summed E-state index contributed by atoms with van der Waals surface area (Å²) in [5.74, 6) is -0.284. The van der Waals surface area contributed by atoms with Crippen LogP contribution in [0.15, 0.2) is 36.5 Å². The van der Waals surface area contributed by atoms with E-state index in [0.29, 0.717) is 25.9 Å². The Morgan fingerprint density at radius 3 is 1.63 bits per heavy atom. The Balaban J connectivity index is 2.21. The summed E-state index contributed by atoms with van der Waals surface area (Å²) >= 11 is 0. The molecule has 0 bridgehead atoms. The highest BCUT2D eigenvalue weighted by Gasteiger charge is 2.44. The lowest BCUT2D eigenvalue weighted by molar-refractivity contribution is -0.302. The highest BCUT2D eigenvalue weighted by molar-refractivity contribution is 5.76. The van der Waals surface area contributed by atoms with E-state index in [0.717, 1.165) is 83.5 Å². The van der Waals surface area contributed by atoms with Gasteiger partial charge in [-0.1, -0.05) is 140 Å². The molecule has 0 radical (unpaired) electrons. The molecule has 7 unspecified atom stereocenters. The summed E-state index contributed by atoms with van der Waals surface area (Å²) in [7, 11) is 0. The molecular weight excluding hydrogens is 763 g/mol. The van der Waals surface area contributed by atoms with Crippen LogP contribution < -0.4 is 5.32 Å². The molecule has 11 nitrogen and oxygen atoms in total. The molecule has 6 N–H and O–H groups in total. The summed E-state index contributed by atoms with van der Waals surface area (Å²) in [6.45, 7) is 4.15. The summed E-state index contributed by atoms with van der Waals surface area (Å²) in [5, 5.41) is 54.0. The van der Waals surface area contributed by atoms with Crippen LogP contribution in [0.3, 0.4) is 0 Å². The number of esters is 1. The molecule has 1 fully saturated rings. The van der Waals surface area contributed by atoms with Gasteiger partial charge in [-0.15, -0.1) is 0 Å². The third-order valence-electron chi connectivity index (χ3n) is 11.2. The van der Waals surface area contributed by atoms with Crippen molar-refractivity contribution in [2.75, 3.05) is 19.8 Å². The number of hydrogen-bond acceptors (Lipinski definition) is 10. The van der Waals surface area contributed by atoms with Crippen molar-refractivity contribution in [1.82, 2.24) is 5.32 Å². The van der Waals surface area contributed by atoms with E-state index in [1.54, 1.807) is 6.08 Å². The summed E-state index contributed by atoms with van der Waals surface area (Å²) in [6, 6.07) is -0.829. The van der Waals surface area contributed by atoms with E-state index in [2.05, 4.69) is 43.5 Å². The van der Waals surface area contributed by atoms with Crippen LogP contribution in [0.2, 0.25) is 0 Å². The second kappa shape index (κ2) is 39.7. The van der Waals surface area contributed by atoms with Crippen molar-refractivity contribution in [1.29, 1.82) is 0 Å². The second-order valence-corrected chi connectivity index (χ2v) is 16.8. The SMILES string of the molecule is CCCCC/C=C\CCCCCCCC(=O)OCCCC/C=C\CCCCCCCC(=O)NC(COC1OC(CO)C(O)C(O)C1O)C(O)/C=C/CCCCCCCCC. The molecule has 0 saturated carbocycles. The first kappa shape index (κ1) is 55.9. The molecule has 1 heterocycles. The number of aliphatic hydroxyl groups is 5. The van der Waals surface area contributed by atoms with E-state index < -0.39 is 49.5 Å². The maximum Gasteiger partial charge on any atom is 0.305 e.